The number of nitrogens with zero attached hydrogens (tertiary/aromatic N) is 4. The second kappa shape index (κ2) is 9.72. The van der Waals surface area contributed by atoms with Crippen LogP contribution in [-0.4, -0.2) is 60.5 Å². The van der Waals surface area contributed by atoms with Crippen LogP contribution in [0.5, 0.6) is 11.5 Å². The Morgan fingerprint density at radius 2 is 1.75 bits per heavy atom. The number of piperazine rings is 1. The van der Waals surface area contributed by atoms with Gasteiger partial charge in [-0.25, -0.2) is 9.07 Å². The van der Waals surface area contributed by atoms with E-state index in [1.165, 1.54) is 12.1 Å². The van der Waals surface area contributed by atoms with Gasteiger partial charge < -0.3 is 19.3 Å². The number of carbonyl (C=O) groups excluding carboxylic acids is 1. The number of rotatable bonds is 7. The van der Waals surface area contributed by atoms with Crippen molar-refractivity contribution in [1.82, 2.24) is 14.7 Å². The van der Waals surface area contributed by atoms with Gasteiger partial charge in [0.1, 0.15) is 11.6 Å². The summed E-state index contributed by atoms with van der Waals surface area (Å²) in [7, 11) is 1.66. The lowest BCUT2D eigenvalue weighted by Gasteiger charge is -2.36. The summed E-state index contributed by atoms with van der Waals surface area (Å²) in [6, 6.07) is 13.8. The summed E-state index contributed by atoms with van der Waals surface area (Å²) in [5.74, 6) is 0.762. The van der Waals surface area contributed by atoms with Crippen LogP contribution in [0.15, 0.2) is 54.7 Å². The molecular weight excluding hydrogens is 411 g/mol. The zero-order valence-corrected chi connectivity index (χ0v) is 18.3. The Hall–Kier alpha value is -3.55. The summed E-state index contributed by atoms with van der Waals surface area (Å²) in [6.07, 6.45) is 2.49. The fourth-order valence-corrected chi connectivity index (χ4v) is 3.74. The normalized spacial score (nSPS) is 13.8. The summed E-state index contributed by atoms with van der Waals surface area (Å²) >= 11 is 0. The van der Waals surface area contributed by atoms with E-state index in [-0.39, 0.29) is 17.4 Å². The van der Waals surface area contributed by atoms with E-state index in [0.717, 1.165) is 17.9 Å². The monoisotopic (exact) mass is 438 g/mol. The van der Waals surface area contributed by atoms with Gasteiger partial charge in [0.05, 0.1) is 31.3 Å². The number of para-hydroxylation sites is 2. The molecule has 0 aliphatic carbocycles. The van der Waals surface area contributed by atoms with Gasteiger partial charge in [0.15, 0.2) is 11.4 Å². The minimum absolute atomic E-state index is 0.170. The van der Waals surface area contributed by atoms with Crippen molar-refractivity contribution < 1.29 is 18.7 Å². The van der Waals surface area contributed by atoms with Crippen molar-refractivity contribution in [2.24, 2.45) is 0 Å². The van der Waals surface area contributed by atoms with Crippen molar-refractivity contribution in [2.75, 3.05) is 44.8 Å². The fourth-order valence-electron chi connectivity index (χ4n) is 3.74. The number of hydrogen-bond donors (Lipinski definition) is 0. The molecule has 0 saturated carbocycles. The van der Waals surface area contributed by atoms with Crippen molar-refractivity contribution in [1.29, 1.82) is 0 Å². The zero-order chi connectivity index (χ0) is 22.5. The molecular formula is C24H27FN4O3. The highest BCUT2D eigenvalue weighted by atomic mass is 19.1. The molecule has 1 aliphatic rings. The SMILES string of the molecule is CCCOc1cn(-c2ccc(F)cc2)nc1C(=O)N1CCN(c2ccccc2OC)CC1. The van der Waals surface area contributed by atoms with Crippen LogP contribution in [0.1, 0.15) is 23.8 Å². The van der Waals surface area contributed by atoms with Gasteiger partial charge in [-0.05, 0) is 42.8 Å². The summed E-state index contributed by atoms with van der Waals surface area (Å²) < 4.78 is 26.1. The molecule has 1 saturated heterocycles. The van der Waals surface area contributed by atoms with Crippen LogP contribution in [0.25, 0.3) is 5.69 Å². The highest BCUT2D eigenvalue weighted by Crippen LogP contribution is 2.29. The molecule has 0 N–H and O–H groups in total. The molecule has 1 amide bonds. The molecule has 0 spiro atoms. The van der Waals surface area contributed by atoms with Crippen LogP contribution < -0.4 is 14.4 Å². The Balaban J connectivity index is 1.51. The van der Waals surface area contributed by atoms with Crippen molar-refractivity contribution in [3.63, 3.8) is 0 Å². The quantitative estimate of drug-likeness (QED) is 0.562. The predicted octanol–water partition coefficient (Wildman–Crippen LogP) is 3.77. The molecule has 0 radical (unpaired) electrons. The Morgan fingerprint density at radius 1 is 1.03 bits per heavy atom. The van der Waals surface area contributed by atoms with Gasteiger partial charge >= 0.3 is 0 Å². The fraction of sp³-hybridized carbons (Fsp3) is 0.333. The number of amides is 1. The van der Waals surface area contributed by atoms with E-state index in [9.17, 15) is 9.18 Å². The lowest BCUT2D eigenvalue weighted by molar-refractivity contribution is 0.0736. The highest BCUT2D eigenvalue weighted by molar-refractivity contribution is 5.95. The van der Waals surface area contributed by atoms with Gasteiger partial charge in [0.2, 0.25) is 0 Å². The average molecular weight is 439 g/mol. The van der Waals surface area contributed by atoms with Gasteiger partial charge in [-0.2, -0.15) is 5.10 Å². The molecule has 0 bridgehead atoms. The minimum Gasteiger partial charge on any atom is -0.495 e. The van der Waals surface area contributed by atoms with Crippen molar-refractivity contribution in [3.8, 4) is 17.2 Å². The van der Waals surface area contributed by atoms with E-state index in [1.54, 1.807) is 35.0 Å². The molecule has 4 rings (SSSR count). The van der Waals surface area contributed by atoms with Crippen LogP contribution in [0.3, 0.4) is 0 Å². The van der Waals surface area contributed by atoms with Gasteiger partial charge in [-0.1, -0.05) is 19.1 Å². The van der Waals surface area contributed by atoms with Crippen molar-refractivity contribution in [2.45, 2.75) is 13.3 Å². The van der Waals surface area contributed by atoms with Crippen LogP contribution in [-0.2, 0) is 0 Å². The lowest BCUT2D eigenvalue weighted by Crippen LogP contribution is -2.49. The molecule has 32 heavy (non-hydrogen) atoms. The molecule has 1 fully saturated rings. The summed E-state index contributed by atoms with van der Waals surface area (Å²) in [5.41, 5.74) is 1.95. The number of hydrogen-bond acceptors (Lipinski definition) is 5. The smallest absolute Gasteiger partial charge is 0.278 e. The van der Waals surface area contributed by atoms with E-state index in [4.69, 9.17) is 9.47 Å². The highest BCUT2D eigenvalue weighted by Gasteiger charge is 2.28. The number of methoxy groups -OCH3 is 1. The number of anilines is 1. The summed E-state index contributed by atoms with van der Waals surface area (Å²) in [6.45, 7) is 4.99. The van der Waals surface area contributed by atoms with Crippen LogP contribution in [0.4, 0.5) is 10.1 Å². The topological polar surface area (TPSA) is 59.8 Å². The van der Waals surface area contributed by atoms with Crippen molar-refractivity contribution in [3.05, 3.63) is 66.2 Å². The number of ether oxygens (including phenoxy) is 2. The number of halogens is 1. The van der Waals surface area contributed by atoms with Gasteiger partial charge in [-0.3, -0.25) is 4.79 Å². The first-order valence-corrected chi connectivity index (χ1v) is 10.8. The third-order valence-corrected chi connectivity index (χ3v) is 5.43. The zero-order valence-electron chi connectivity index (χ0n) is 18.3. The third kappa shape index (κ3) is 4.54. The largest absolute Gasteiger partial charge is 0.495 e. The van der Waals surface area contributed by atoms with E-state index in [1.807, 2.05) is 31.2 Å². The van der Waals surface area contributed by atoms with Gasteiger partial charge in [-0.15, -0.1) is 0 Å². The Labute approximate surface area is 187 Å². The van der Waals surface area contributed by atoms with E-state index in [0.29, 0.717) is 44.2 Å². The maximum atomic E-state index is 13.3. The first-order valence-electron chi connectivity index (χ1n) is 10.8. The molecule has 1 aliphatic heterocycles. The molecule has 1 aromatic heterocycles. The number of carbonyl (C=O) groups is 1. The van der Waals surface area contributed by atoms with Crippen LogP contribution in [0, 0.1) is 5.82 Å². The first-order chi connectivity index (χ1) is 15.6. The van der Waals surface area contributed by atoms with Gasteiger partial charge in [0, 0.05) is 26.2 Å². The number of benzene rings is 2. The van der Waals surface area contributed by atoms with Crippen LogP contribution in [0.2, 0.25) is 0 Å². The molecule has 168 valence electrons. The molecule has 2 aromatic carbocycles. The maximum absolute atomic E-state index is 13.3. The predicted molar refractivity (Wildman–Crippen MR) is 120 cm³/mol. The maximum Gasteiger partial charge on any atom is 0.278 e. The van der Waals surface area contributed by atoms with Crippen molar-refractivity contribution >= 4 is 11.6 Å². The molecule has 7 nitrogen and oxygen atoms in total. The molecule has 2 heterocycles. The standard InChI is InChI=1S/C24H27FN4O3/c1-3-16-32-22-17-29(19-10-8-18(25)9-11-19)26-23(22)24(30)28-14-12-27(13-15-28)20-6-4-5-7-21(20)31-2/h4-11,17H,3,12-16H2,1-2H3. The summed E-state index contributed by atoms with van der Waals surface area (Å²) in [4.78, 5) is 17.3. The second-order valence-corrected chi connectivity index (χ2v) is 7.56. The molecule has 0 unspecified atom stereocenters. The van der Waals surface area contributed by atoms with E-state index >= 15 is 0 Å². The van der Waals surface area contributed by atoms with E-state index in [2.05, 4.69) is 10.00 Å². The Kier molecular flexibility index (Phi) is 6.58. The summed E-state index contributed by atoms with van der Waals surface area (Å²) in [5, 5.41) is 4.49. The Bertz CT molecular complexity index is 1060. The van der Waals surface area contributed by atoms with Crippen LogP contribution >= 0.6 is 0 Å². The molecule has 0 atom stereocenters. The van der Waals surface area contributed by atoms with Gasteiger partial charge in [0.25, 0.3) is 5.91 Å². The molecule has 8 heteroatoms. The third-order valence-electron chi connectivity index (χ3n) is 5.43. The Morgan fingerprint density at radius 3 is 2.44 bits per heavy atom. The average Bonchev–Trinajstić information content (AvgIpc) is 3.27. The minimum atomic E-state index is -0.326. The number of aromatic nitrogens is 2. The first kappa shape index (κ1) is 21.7. The molecule has 3 aromatic rings. The second-order valence-electron chi connectivity index (χ2n) is 7.56. The lowest BCUT2D eigenvalue weighted by atomic mass is 10.2. The van der Waals surface area contributed by atoms with E-state index < -0.39 is 0 Å².